The summed E-state index contributed by atoms with van der Waals surface area (Å²) in [6.07, 6.45) is 2.38. The number of nitrogens with one attached hydrogen (secondary N) is 1. The highest BCUT2D eigenvalue weighted by Crippen LogP contribution is 2.22. The highest BCUT2D eigenvalue weighted by Gasteiger charge is 2.12. The summed E-state index contributed by atoms with van der Waals surface area (Å²) in [7, 11) is 0. The molecule has 0 amide bonds. The van der Waals surface area contributed by atoms with Gasteiger partial charge in [0.15, 0.2) is 0 Å². The monoisotopic (exact) mass is 287 g/mol. The normalized spacial score (nSPS) is 12.8. The number of hydrogen-bond acceptors (Lipinski definition) is 2. The van der Waals surface area contributed by atoms with E-state index >= 15 is 0 Å². The zero-order valence-corrected chi connectivity index (χ0v) is 13.5. The molecular formula is C18H25NS. The number of rotatable bonds is 7. The Kier molecular flexibility index (Phi) is 5.81. The molecule has 1 aromatic carbocycles. The van der Waals surface area contributed by atoms with Crippen LogP contribution in [0.4, 0.5) is 0 Å². The molecule has 0 saturated carbocycles. The lowest BCUT2D eigenvalue weighted by Crippen LogP contribution is -2.28. The molecule has 20 heavy (non-hydrogen) atoms. The second-order valence-corrected chi connectivity index (χ2v) is 6.62. The van der Waals surface area contributed by atoms with Crippen molar-refractivity contribution in [3.8, 4) is 0 Å². The number of hydrogen-bond donors (Lipinski definition) is 1. The summed E-state index contributed by atoms with van der Waals surface area (Å²) in [4.78, 5) is 0. The third-order valence-electron chi connectivity index (χ3n) is 3.68. The summed E-state index contributed by atoms with van der Waals surface area (Å²) in [5, 5.41) is 8.03. The first kappa shape index (κ1) is 15.3. The molecule has 0 spiro atoms. The third-order valence-corrected chi connectivity index (χ3v) is 4.41. The molecule has 0 bridgehead atoms. The molecule has 2 rings (SSSR count). The van der Waals surface area contributed by atoms with Gasteiger partial charge in [-0.25, -0.2) is 0 Å². The first-order valence-electron chi connectivity index (χ1n) is 7.46. The van der Waals surface area contributed by atoms with E-state index in [9.17, 15) is 0 Å². The van der Waals surface area contributed by atoms with Crippen molar-refractivity contribution in [2.75, 3.05) is 6.54 Å². The third kappa shape index (κ3) is 4.77. The highest BCUT2D eigenvalue weighted by atomic mass is 32.1. The average molecular weight is 287 g/mol. The summed E-state index contributed by atoms with van der Waals surface area (Å²) in [5.74, 6) is 0.595. The minimum Gasteiger partial charge on any atom is -0.314 e. The van der Waals surface area contributed by atoms with Crippen molar-refractivity contribution in [1.29, 1.82) is 0 Å². The quantitative estimate of drug-likeness (QED) is 0.773. The molecule has 0 aliphatic rings. The minimum atomic E-state index is 0.545. The van der Waals surface area contributed by atoms with Crippen LogP contribution in [0.1, 0.15) is 42.9 Å². The van der Waals surface area contributed by atoms with Crippen molar-refractivity contribution in [3.63, 3.8) is 0 Å². The Bertz CT molecular complexity index is 485. The van der Waals surface area contributed by atoms with E-state index in [0.29, 0.717) is 12.0 Å². The van der Waals surface area contributed by atoms with Gasteiger partial charge in [0.05, 0.1) is 0 Å². The molecule has 1 N–H and O–H groups in total. The van der Waals surface area contributed by atoms with Crippen LogP contribution in [0.3, 0.4) is 0 Å². The van der Waals surface area contributed by atoms with Gasteiger partial charge in [0.25, 0.3) is 0 Å². The van der Waals surface area contributed by atoms with Crippen LogP contribution < -0.4 is 5.32 Å². The Morgan fingerprint density at radius 3 is 2.45 bits per heavy atom. The van der Waals surface area contributed by atoms with Crippen molar-refractivity contribution in [2.45, 2.75) is 45.6 Å². The van der Waals surface area contributed by atoms with Crippen LogP contribution in [0.2, 0.25) is 0 Å². The molecule has 0 saturated heterocycles. The molecule has 2 aromatic rings. The van der Waals surface area contributed by atoms with Crippen LogP contribution in [0.5, 0.6) is 0 Å². The molecule has 0 fully saturated rings. The van der Waals surface area contributed by atoms with Crippen molar-refractivity contribution < 1.29 is 0 Å². The SMILES string of the molecule is Cc1ccc(C(CCc2ccsc2)CNC(C)C)cc1. The van der Waals surface area contributed by atoms with Gasteiger partial charge in [0.1, 0.15) is 0 Å². The lowest BCUT2D eigenvalue weighted by molar-refractivity contribution is 0.508. The number of benzene rings is 1. The lowest BCUT2D eigenvalue weighted by Gasteiger charge is -2.20. The van der Waals surface area contributed by atoms with Crippen LogP contribution in [-0.2, 0) is 6.42 Å². The van der Waals surface area contributed by atoms with E-state index in [1.165, 1.54) is 29.5 Å². The molecule has 1 heterocycles. The maximum Gasteiger partial charge on any atom is 0.00226 e. The van der Waals surface area contributed by atoms with Crippen LogP contribution in [-0.4, -0.2) is 12.6 Å². The first-order chi connectivity index (χ1) is 9.65. The zero-order valence-electron chi connectivity index (χ0n) is 12.7. The summed E-state index contributed by atoms with van der Waals surface area (Å²) >= 11 is 1.79. The van der Waals surface area contributed by atoms with Gasteiger partial charge in [-0.15, -0.1) is 0 Å². The van der Waals surface area contributed by atoms with Gasteiger partial charge in [-0.05, 0) is 53.6 Å². The van der Waals surface area contributed by atoms with Crippen LogP contribution in [0, 0.1) is 6.92 Å². The maximum absolute atomic E-state index is 3.59. The Morgan fingerprint density at radius 1 is 1.10 bits per heavy atom. The molecule has 1 aromatic heterocycles. The smallest absolute Gasteiger partial charge is 0.00226 e. The number of thiophene rings is 1. The van der Waals surface area contributed by atoms with E-state index in [1.54, 1.807) is 11.3 Å². The largest absolute Gasteiger partial charge is 0.314 e. The lowest BCUT2D eigenvalue weighted by atomic mass is 9.92. The first-order valence-corrected chi connectivity index (χ1v) is 8.40. The van der Waals surface area contributed by atoms with Gasteiger partial charge in [-0.2, -0.15) is 11.3 Å². The topological polar surface area (TPSA) is 12.0 Å². The van der Waals surface area contributed by atoms with E-state index in [0.717, 1.165) is 6.54 Å². The fraction of sp³-hybridized carbons (Fsp3) is 0.444. The van der Waals surface area contributed by atoms with E-state index < -0.39 is 0 Å². The molecule has 2 heteroatoms. The number of aryl methyl sites for hydroxylation is 2. The van der Waals surface area contributed by atoms with Crippen LogP contribution in [0.25, 0.3) is 0 Å². The summed E-state index contributed by atoms with van der Waals surface area (Å²) in [6, 6.07) is 11.8. The Hall–Kier alpha value is -1.12. The summed E-state index contributed by atoms with van der Waals surface area (Å²) in [6.45, 7) is 7.64. The van der Waals surface area contributed by atoms with E-state index in [2.05, 4.69) is 67.2 Å². The molecule has 1 atom stereocenters. The summed E-state index contributed by atoms with van der Waals surface area (Å²) in [5.41, 5.74) is 4.26. The highest BCUT2D eigenvalue weighted by molar-refractivity contribution is 7.07. The zero-order chi connectivity index (χ0) is 14.4. The fourth-order valence-corrected chi connectivity index (χ4v) is 3.08. The van der Waals surface area contributed by atoms with Gasteiger partial charge in [-0.1, -0.05) is 43.7 Å². The molecule has 108 valence electrons. The average Bonchev–Trinajstić information content (AvgIpc) is 2.93. The Morgan fingerprint density at radius 2 is 1.85 bits per heavy atom. The Balaban J connectivity index is 2.01. The standard InChI is InChI=1S/C18H25NS/c1-14(2)19-12-18(9-6-16-10-11-20-13-16)17-7-4-15(3)5-8-17/h4-5,7-8,10-11,13-14,18-19H,6,9,12H2,1-3H3. The van der Waals surface area contributed by atoms with Crippen molar-refractivity contribution >= 4 is 11.3 Å². The fourth-order valence-electron chi connectivity index (χ4n) is 2.38. The maximum atomic E-state index is 3.59. The molecular weight excluding hydrogens is 262 g/mol. The molecule has 1 nitrogen and oxygen atoms in total. The predicted molar refractivity (Wildman–Crippen MR) is 89.7 cm³/mol. The second-order valence-electron chi connectivity index (χ2n) is 5.84. The summed E-state index contributed by atoms with van der Waals surface area (Å²) < 4.78 is 0. The van der Waals surface area contributed by atoms with Crippen molar-refractivity contribution in [3.05, 3.63) is 57.8 Å². The van der Waals surface area contributed by atoms with Gasteiger partial charge in [-0.3, -0.25) is 0 Å². The Labute approximate surface area is 127 Å². The minimum absolute atomic E-state index is 0.545. The van der Waals surface area contributed by atoms with Gasteiger partial charge in [0, 0.05) is 12.6 Å². The van der Waals surface area contributed by atoms with Crippen LogP contribution in [0.15, 0.2) is 41.1 Å². The van der Waals surface area contributed by atoms with E-state index in [4.69, 9.17) is 0 Å². The van der Waals surface area contributed by atoms with Crippen LogP contribution >= 0.6 is 11.3 Å². The van der Waals surface area contributed by atoms with E-state index in [-0.39, 0.29) is 0 Å². The van der Waals surface area contributed by atoms with Gasteiger partial charge < -0.3 is 5.32 Å². The van der Waals surface area contributed by atoms with Gasteiger partial charge in [0.2, 0.25) is 0 Å². The van der Waals surface area contributed by atoms with Gasteiger partial charge >= 0.3 is 0 Å². The second kappa shape index (κ2) is 7.61. The molecule has 0 aliphatic heterocycles. The molecule has 0 radical (unpaired) electrons. The predicted octanol–water partition coefficient (Wildman–Crippen LogP) is 4.77. The van der Waals surface area contributed by atoms with Crippen molar-refractivity contribution in [2.24, 2.45) is 0 Å². The molecule has 0 aliphatic carbocycles. The molecule has 1 unspecified atom stereocenters. The van der Waals surface area contributed by atoms with Crippen molar-refractivity contribution in [1.82, 2.24) is 5.32 Å². The van der Waals surface area contributed by atoms with E-state index in [1.807, 2.05) is 0 Å².